The average molecular weight is 311 g/mol. The molecule has 0 saturated heterocycles. The van der Waals surface area contributed by atoms with E-state index in [-0.39, 0.29) is 10.6 Å². The summed E-state index contributed by atoms with van der Waals surface area (Å²) in [5.41, 5.74) is 0. The van der Waals surface area contributed by atoms with Crippen LogP contribution in [0.5, 0.6) is 5.75 Å². The van der Waals surface area contributed by atoms with Gasteiger partial charge in [0, 0.05) is 4.90 Å². The fourth-order valence-corrected chi connectivity index (χ4v) is 3.51. The van der Waals surface area contributed by atoms with Gasteiger partial charge in [0.1, 0.15) is 4.90 Å². The summed E-state index contributed by atoms with van der Waals surface area (Å²) in [6.07, 6.45) is 0. The minimum Gasteiger partial charge on any atom is -0.494 e. The van der Waals surface area contributed by atoms with Crippen molar-refractivity contribution in [3.8, 4) is 5.75 Å². The number of hydrogen-bond acceptors (Lipinski definition) is 4. The Morgan fingerprint density at radius 3 is 2.53 bits per heavy atom. The molecule has 3 nitrogen and oxygen atoms in total. The van der Waals surface area contributed by atoms with Crippen LogP contribution < -0.4 is 4.74 Å². The minimum atomic E-state index is -3.29. The Morgan fingerprint density at radius 1 is 1.47 bits per heavy atom. The standard InChI is InChI=1S/C9H11BrO3S2/c1-3-15(11,12)8-5-6(14)4-7(10)9(8)13-2/h4-5,14H,3H2,1-2H3. The number of methoxy groups -OCH3 is 1. The highest BCUT2D eigenvalue weighted by Crippen LogP contribution is 2.35. The van der Waals surface area contributed by atoms with Crippen molar-refractivity contribution in [2.45, 2.75) is 16.7 Å². The average Bonchev–Trinajstić information content (AvgIpc) is 2.16. The third-order valence-electron chi connectivity index (χ3n) is 1.91. The van der Waals surface area contributed by atoms with Crippen LogP contribution in [0.1, 0.15) is 6.92 Å². The second-order valence-corrected chi connectivity index (χ2v) is 6.48. The topological polar surface area (TPSA) is 43.4 Å². The number of thiol groups is 1. The van der Waals surface area contributed by atoms with Crippen LogP contribution in [0.25, 0.3) is 0 Å². The van der Waals surface area contributed by atoms with Gasteiger partial charge >= 0.3 is 0 Å². The summed E-state index contributed by atoms with van der Waals surface area (Å²) in [5.74, 6) is 0.363. The van der Waals surface area contributed by atoms with Crippen LogP contribution in [0.15, 0.2) is 26.4 Å². The van der Waals surface area contributed by atoms with Gasteiger partial charge in [0.15, 0.2) is 15.6 Å². The Balaban J connectivity index is 3.53. The molecule has 0 bridgehead atoms. The molecule has 0 unspecified atom stereocenters. The highest BCUT2D eigenvalue weighted by atomic mass is 79.9. The number of hydrogen-bond donors (Lipinski definition) is 1. The zero-order valence-corrected chi connectivity index (χ0v) is 11.6. The first kappa shape index (κ1) is 12.9. The van der Waals surface area contributed by atoms with Gasteiger partial charge in [0.25, 0.3) is 0 Å². The van der Waals surface area contributed by atoms with E-state index in [1.165, 1.54) is 13.2 Å². The second kappa shape index (κ2) is 4.76. The maximum atomic E-state index is 11.8. The zero-order valence-electron chi connectivity index (χ0n) is 8.32. The van der Waals surface area contributed by atoms with Crippen molar-refractivity contribution in [3.05, 3.63) is 16.6 Å². The van der Waals surface area contributed by atoms with E-state index in [4.69, 9.17) is 4.74 Å². The summed E-state index contributed by atoms with van der Waals surface area (Å²) in [7, 11) is -1.85. The van der Waals surface area contributed by atoms with Gasteiger partial charge in [-0.3, -0.25) is 0 Å². The summed E-state index contributed by atoms with van der Waals surface area (Å²) in [6, 6.07) is 3.18. The highest BCUT2D eigenvalue weighted by Gasteiger charge is 2.20. The maximum absolute atomic E-state index is 11.8. The number of sulfone groups is 1. The van der Waals surface area contributed by atoms with Gasteiger partial charge in [-0.25, -0.2) is 8.42 Å². The van der Waals surface area contributed by atoms with Crippen molar-refractivity contribution in [2.75, 3.05) is 12.9 Å². The molecule has 0 aliphatic heterocycles. The summed E-state index contributed by atoms with van der Waals surface area (Å²) in [6.45, 7) is 1.59. The van der Waals surface area contributed by atoms with Crippen molar-refractivity contribution in [3.63, 3.8) is 0 Å². The van der Waals surface area contributed by atoms with Crippen LogP contribution >= 0.6 is 28.6 Å². The molecule has 0 aliphatic rings. The van der Waals surface area contributed by atoms with Crippen LogP contribution in [0.4, 0.5) is 0 Å². The molecule has 0 aromatic heterocycles. The lowest BCUT2D eigenvalue weighted by atomic mass is 10.3. The van der Waals surface area contributed by atoms with Crippen LogP contribution in [-0.2, 0) is 9.84 Å². The molecule has 84 valence electrons. The lowest BCUT2D eigenvalue weighted by Gasteiger charge is -2.10. The monoisotopic (exact) mass is 310 g/mol. The van der Waals surface area contributed by atoms with E-state index in [2.05, 4.69) is 28.6 Å². The van der Waals surface area contributed by atoms with Crippen LogP contribution in [0.3, 0.4) is 0 Å². The molecule has 0 atom stereocenters. The van der Waals surface area contributed by atoms with Crippen molar-refractivity contribution < 1.29 is 13.2 Å². The van der Waals surface area contributed by atoms with E-state index >= 15 is 0 Å². The number of ether oxygens (including phenoxy) is 1. The lowest BCUT2D eigenvalue weighted by molar-refractivity contribution is 0.399. The fraction of sp³-hybridized carbons (Fsp3) is 0.333. The van der Waals surface area contributed by atoms with Crippen LogP contribution in [0.2, 0.25) is 0 Å². The molecule has 0 N–H and O–H groups in total. The number of benzene rings is 1. The van der Waals surface area contributed by atoms with Crippen LogP contribution in [-0.4, -0.2) is 21.3 Å². The van der Waals surface area contributed by atoms with Crippen LogP contribution in [0, 0.1) is 0 Å². The molecule has 15 heavy (non-hydrogen) atoms. The predicted molar refractivity (Wildman–Crippen MR) is 65.7 cm³/mol. The molecule has 0 spiro atoms. The Hall–Kier alpha value is -0.200. The first-order chi connectivity index (χ1) is 6.92. The van der Waals surface area contributed by atoms with E-state index in [9.17, 15) is 8.42 Å². The van der Waals surface area contributed by atoms with Gasteiger partial charge in [0.2, 0.25) is 0 Å². The zero-order chi connectivity index (χ0) is 11.6. The summed E-state index contributed by atoms with van der Waals surface area (Å²) in [5, 5.41) is 0. The summed E-state index contributed by atoms with van der Waals surface area (Å²) in [4.78, 5) is 0.751. The number of halogens is 1. The highest BCUT2D eigenvalue weighted by molar-refractivity contribution is 9.10. The molecule has 6 heteroatoms. The molecule has 1 aromatic rings. The third-order valence-corrected chi connectivity index (χ3v) is 4.49. The Morgan fingerprint density at radius 2 is 2.07 bits per heavy atom. The van der Waals surface area contributed by atoms with E-state index < -0.39 is 9.84 Å². The normalized spacial score (nSPS) is 11.5. The molecule has 0 saturated carbocycles. The Kier molecular flexibility index (Phi) is 4.08. The SMILES string of the molecule is CCS(=O)(=O)c1cc(S)cc(Br)c1OC. The van der Waals surface area contributed by atoms with E-state index in [0.717, 1.165) is 0 Å². The number of rotatable bonds is 3. The first-order valence-electron chi connectivity index (χ1n) is 4.21. The molecule has 0 heterocycles. The van der Waals surface area contributed by atoms with E-state index in [1.54, 1.807) is 13.0 Å². The van der Waals surface area contributed by atoms with Gasteiger partial charge in [0.05, 0.1) is 17.3 Å². The third kappa shape index (κ3) is 2.68. The smallest absolute Gasteiger partial charge is 0.181 e. The summed E-state index contributed by atoms with van der Waals surface area (Å²) < 4.78 is 29.1. The molecule has 0 fully saturated rings. The van der Waals surface area contributed by atoms with Crippen molar-refractivity contribution in [2.24, 2.45) is 0 Å². The van der Waals surface area contributed by atoms with Crippen molar-refractivity contribution in [1.29, 1.82) is 0 Å². The predicted octanol–water partition coefficient (Wildman–Crippen LogP) is 2.54. The van der Waals surface area contributed by atoms with Crippen molar-refractivity contribution >= 4 is 38.4 Å². The molecule has 1 rings (SSSR count). The molecule has 0 amide bonds. The van der Waals surface area contributed by atoms with Gasteiger partial charge in [-0.2, -0.15) is 0 Å². The van der Waals surface area contributed by atoms with Gasteiger partial charge in [-0.05, 0) is 28.1 Å². The maximum Gasteiger partial charge on any atom is 0.181 e. The van der Waals surface area contributed by atoms with Gasteiger partial charge in [-0.15, -0.1) is 12.6 Å². The lowest BCUT2D eigenvalue weighted by Crippen LogP contribution is -2.06. The largest absolute Gasteiger partial charge is 0.494 e. The first-order valence-corrected chi connectivity index (χ1v) is 7.11. The second-order valence-electron chi connectivity index (χ2n) is 2.86. The van der Waals surface area contributed by atoms with Gasteiger partial charge in [-0.1, -0.05) is 6.92 Å². The van der Waals surface area contributed by atoms with E-state index in [1.807, 2.05) is 0 Å². The molecule has 1 aromatic carbocycles. The summed E-state index contributed by atoms with van der Waals surface area (Å²) >= 11 is 7.37. The Bertz CT molecular complexity index is 468. The minimum absolute atomic E-state index is 0.0348. The quantitative estimate of drug-likeness (QED) is 0.873. The fourth-order valence-electron chi connectivity index (χ4n) is 1.14. The molecule has 0 aliphatic carbocycles. The Labute approximate surface area is 103 Å². The molecular weight excluding hydrogens is 300 g/mol. The van der Waals surface area contributed by atoms with Gasteiger partial charge < -0.3 is 4.74 Å². The molecular formula is C9H11BrO3S2. The van der Waals surface area contributed by atoms with Crippen molar-refractivity contribution in [1.82, 2.24) is 0 Å². The van der Waals surface area contributed by atoms with E-state index in [0.29, 0.717) is 15.1 Å². The molecule has 0 radical (unpaired) electrons.